The van der Waals surface area contributed by atoms with Gasteiger partial charge in [-0.05, 0) is 79.2 Å². The topological polar surface area (TPSA) is 62.2 Å². The fourth-order valence-corrected chi connectivity index (χ4v) is 5.15. The van der Waals surface area contributed by atoms with Crippen LogP contribution >= 0.6 is 34.8 Å². The Morgan fingerprint density at radius 3 is 2.43 bits per heavy atom. The first-order valence-corrected chi connectivity index (χ1v) is 13.9. The van der Waals surface area contributed by atoms with E-state index < -0.39 is 39.9 Å². The molecule has 1 heterocycles. The summed E-state index contributed by atoms with van der Waals surface area (Å²) in [7, 11) is 0. The number of hydrogen-bond donors (Lipinski definition) is 2. The monoisotopic (exact) mass is 632 g/mol. The summed E-state index contributed by atoms with van der Waals surface area (Å²) >= 11 is 18.6. The van der Waals surface area contributed by atoms with Gasteiger partial charge in [-0.2, -0.15) is 0 Å². The quantitative estimate of drug-likeness (QED) is 0.213. The highest BCUT2D eigenvalue weighted by Gasteiger charge is 2.29. The number of hydrogen-bond acceptors (Lipinski definition) is 3. The Balaban J connectivity index is 1.88. The highest BCUT2D eigenvalue weighted by atomic mass is 35.5. The summed E-state index contributed by atoms with van der Waals surface area (Å²) in [4.78, 5) is 17.7. The Kier molecular flexibility index (Phi) is 9.38. The maximum Gasteiger partial charge on any atom is 0.251 e. The molecule has 2 N–H and O–H groups in total. The van der Waals surface area contributed by atoms with Gasteiger partial charge in [0.25, 0.3) is 5.91 Å². The van der Waals surface area contributed by atoms with Crippen LogP contribution in [0.1, 0.15) is 53.9 Å². The normalized spacial score (nSPS) is 12.9. The van der Waals surface area contributed by atoms with Gasteiger partial charge in [0.05, 0.1) is 21.3 Å². The van der Waals surface area contributed by atoms with Gasteiger partial charge in [0, 0.05) is 34.2 Å². The lowest BCUT2D eigenvalue weighted by atomic mass is 9.89. The molecule has 0 aliphatic heterocycles. The minimum absolute atomic E-state index is 0.0128. The number of nitrogens with zero attached hydrogens (tertiary/aromatic N) is 1. The molecule has 3 aromatic carbocycles. The average molecular weight is 634 g/mol. The molecule has 0 saturated carbocycles. The van der Waals surface area contributed by atoms with Crippen molar-refractivity contribution in [2.24, 2.45) is 0 Å². The van der Waals surface area contributed by atoms with Gasteiger partial charge < -0.3 is 10.4 Å². The van der Waals surface area contributed by atoms with Gasteiger partial charge in [-0.3, -0.25) is 4.79 Å². The number of carbonyl (C=O) groups excluding carboxylic acids is 1. The Hall–Kier alpha value is -3.36. The number of nitrogens with one attached hydrogen (secondary N) is 1. The summed E-state index contributed by atoms with van der Waals surface area (Å²) in [6, 6.07) is 12.4. The van der Waals surface area contributed by atoms with Crippen LogP contribution in [0.3, 0.4) is 0 Å². The Morgan fingerprint density at radius 1 is 1.07 bits per heavy atom. The third-order valence-corrected chi connectivity index (χ3v) is 8.00. The van der Waals surface area contributed by atoms with E-state index in [0.29, 0.717) is 21.0 Å². The van der Waals surface area contributed by atoms with Crippen LogP contribution in [0.25, 0.3) is 23.9 Å². The number of aliphatic hydroxyl groups is 1. The van der Waals surface area contributed by atoms with E-state index >= 15 is 4.39 Å². The van der Waals surface area contributed by atoms with Crippen LogP contribution in [-0.4, -0.2) is 22.5 Å². The molecule has 0 saturated heterocycles. The molecule has 0 spiro atoms. The molecule has 4 rings (SSSR count). The minimum atomic E-state index is -1.69. The fraction of sp³-hybridized carbons (Fsp3) is 0.188. The summed E-state index contributed by atoms with van der Waals surface area (Å²) in [5.74, 6) is -3.53. The first-order chi connectivity index (χ1) is 19.7. The van der Waals surface area contributed by atoms with Crippen LogP contribution in [0.15, 0.2) is 54.6 Å². The zero-order valence-electron chi connectivity index (χ0n) is 22.8. The van der Waals surface area contributed by atoms with E-state index in [-0.39, 0.29) is 39.6 Å². The fourth-order valence-electron chi connectivity index (χ4n) is 4.52. The van der Waals surface area contributed by atoms with Gasteiger partial charge in [-0.1, -0.05) is 59.6 Å². The average Bonchev–Trinajstić information content (AvgIpc) is 2.93. The lowest BCUT2D eigenvalue weighted by Crippen LogP contribution is -2.32. The van der Waals surface area contributed by atoms with Crippen LogP contribution in [-0.2, 0) is 5.60 Å². The summed E-state index contributed by atoms with van der Waals surface area (Å²) in [5.41, 5.74) is -1.28. The van der Waals surface area contributed by atoms with Crippen molar-refractivity contribution in [1.29, 1.82) is 0 Å². The third kappa shape index (κ3) is 6.50. The first kappa shape index (κ1) is 31.6. The second-order valence-corrected chi connectivity index (χ2v) is 11.3. The number of rotatable bonds is 7. The molecule has 10 heteroatoms. The number of aromatic nitrogens is 1. The van der Waals surface area contributed by atoms with E-state index in [9.17, 15) is 18.7 Å². The molecular formula is C32H26Cl3F3N2O2. The summed E-state index contributed by atoms with van der Waals surface area (Å²) < 4.78 is 44.3. The summed E-state index contributed by atoms with van der Waals surface area (Å²) in [5, 5.41) is 14.6. The smallest absolute Gasteiger partial charge is 0.251 e. The molecule has 0 bridgehead atoms. The van der Waals surface area contributed by atoms with Crippen LogP contribution in [0.2, 0.25) is 15.1 Å². The number of amides is 1. The second-order valence-electron chi connectivity index (χ2n) is 10.2. The molecule has 4 nitrogen and oxygen atoms in total. The number of pyridine rings is 1. The molecule has 0 aliphatic rings. The Morgan fingerprint density at radius 2 is 1.79 bits per heavy atom. The van der Waals surface area contributed by atoms with Gasteiger partial charge in [0.2, 0.25) is 0 Å². The zero-order valence-corrected chi connectivity index (χ0v) is 25.1. The van der Waals surface area contributed by atoms with Crippen molar-refractivity contribution in [3.05, 3.63) is 120 Å². The zero-order chi connectivity index (χ0) is 30.9. The van der Waals surface area contributed by atoms with E-state index in [2.05, 4.69) is 16.9 Å². The molecule has 0 fully saturated rings. The van der Waals surface area contributed by atoms with Crippen molar-refractivity contribution in [2.75, 3.05) is 6.54 Å². The van der Waals surface area contributed by atoms with Crippen molar-refractivity contribution < 1.29 is 23.1 Å². The standard InChI is InChI=1S/C32H26Cl3F3N2O2/c1-5-17-11-19(13-24(33)16(17)2)31(41)39-15-22(18-7-6-8-20(36)12-18)26-14-23(32(3,4)42)29(38)30(40-26)21-9-10-25(37)28(35)27(21)34/h5-14,22,42H,2,15H2,1,3-4H3,(H,39,41)/b17-5-. The van der Waals surface area contributed by atoms with Crippen molar-refractivity contribution in [3.8, 4) is 11.3 Å². The molecule has 4 aromatic rings. The van der Waals surface area contributed by atoms with Gasteiger partial charge in [0.1, 0.15) is 17.3 Å². The van der Waals surface area contributed by atoms with E-state index in [0.717, 1.165) is 6.07 Å². The number of benzene rings is 3. The number of halogens is 6. The van der Waals surface area contributed by atoms with Gasteiger partial charge >= 0.3 is 0 Å². The molecule has 0 radical (unpaired) electrons. The highest BCUT2D eigenvalue weighted by molar-refractivity contribution is 6.43. The third-order valence-electron chi connectivity index (χ3n) is 6.80. The predicted octanol–water partition coefficient (Wildman–Crippen LogP) is 7.13. The molecule has 0 aliphatic carbocycles. The molecule has 1 amide bonds. The van der Waals surface area contributed by atoms with Gasteiger partial charge in [-0.25, -0.2) is 18.2 Å². The molecule has 1 unspecified atom stereocenters. The predicted molar refractivity (Wildman–Crippen MR) is 162 cm³/mol. The van der Waals surface area contributed by atoms with Gasteiger partial charge in [-0.15, -0.1) is 0 Å². The van der Waals surface area contributed by atoms with Gasteiger partial charge in [0.15, 0.2) is 5.82 Å². The second kappa shape index (κ2) is 12.5. The highest BCUT2D eigenvalue weighted by Crippen LogP contribution is 2.39. The van der Waals surface area contributed by atoms with E-state index in [1.54, 1.807) is 25.1 Å². The molecule has 1 aromatic heterocycles. The summed E-state index contributed by atoms with van der Waals surface area (Å²) in [6.07, 6.45) is 1.77. The van der Waals surface area contributed by atoms with Crippen molar-refractivity contribution in [3.63, 3.8) is 0 Å². The van der Waals surface area contributed by atoms with Crippen LogP contribution < -0.4 is 15.8 Å². The summed E-state index contributed by atoms with van der Waals surface area (Å²) in [6.45, 7) is 8.37. The van der Waals surface area contributed by atoms with E-state index in [1.807, 2.05) is 0 Å². The molecule has 218 valence electrons. The largest absolute Gasteiger partial charge is 0.386 e. The minimum Gasteiger partial charge on any atom is -0.386 e. The maximum atomic E-state index is 15.9. The van der Waals surface area contributed by atoms with Crippen LogP contribution in [0, 0.1) is 17.5 Å². The van der Waals surface area contributed by atoms with Crippen LogP contribution in [0.5, 0.6) is 0 Å². The lowest BCUT2D eigenvalue weighted by Gasteiger charge is -2.25. The Labute approximate surface area is 256 Å². The maximum absolute atomic E-state index is 15.9. The van der Waals surface area contributed by atoms with Crippen molar-refractivity contribution >= 4 is 53.4 Å². The number of carbonyl (C=O) groups is 1. The lowest BCUT2D eigenvalue weighted by molar-refractivity contribution is 0.0743. The molecular weight excluding hydrogens is 608 g/mol. The van der Waals surface area contributed by atoms with Crippen molar-refractivity contribution in [1.82, 2.24) is 10.3 Å². The van der Waals surface area contributed by atoms with E-state index in [4.69, 9.17) is 34.8 Å². The Bertz CT molecular complexity index is 1810. The van der Waals surface area contributed by atoms with E-state index in [1.165, 1.54) is 50.2 Å². The SMILES string of the molecule is C=c1c(Cl)cc(C(=O)NCC(c2cccc(F)c2)c2cc(C(C)(C)O)c(F)c(-c3ccc(F)c(Cl)c3Cl)n2)c/c1=C/C. The van der Waals surface area contributed by atoms with Crippen LogP contribution in [0.4, 0.5) is 13.2 Å². The molecule has 1 atom stereocenters. The first-order valence-electron chi connectivity index (χ1n) is 12.8. The molecule has 42 heavy (non-hydrogen) atoms. The van der Waals surface area contributed by atoms with Crippen molar-refractivity contribution in [2.45, 2.75) is 32.3 Å².